The van der Waals surface area contributed by atoms with Crippen molar-refractivity contribution in [2.45, 2.75) is 12.5 Å². The molecule has 2 aromatic rings. The summed E-state index contributed by atoms with van der Waals surface area (Å²) in [4.78, 5) is 27.4. The first-order chi connectivity index (χ1) is 15.0. The van der Waals surface area contributed by atoms with Crippen molar-refractivity contribution >= 4 is 23.5 Å². The number of amides is 3. The van der Waals surface area contributed by atoms with Crippen LogP contribution >= 0.6 is 11.6 Å². The van der Waals surface area contributed by atoms with Crippen LogP contribution in [-0.2, 0) is 23.0 Å². The fourth-order valence-corrected chi connectivity index (χ4v) is 3.95. The van der Waals surface area contributed by atoms with Crippen molar-refractivity contribution in [3.63, 3.8) is 0 Å². The Morgan fingerprint density at radius 1 is 1.35 bits per heavy atom. The summed E-state index contributed by atoms with van der Waals surface area (Å²) in [6, 6.07) is 9.09. The average Bonchev–Trinajstić information content (AvgIpc) is 3.35. The van der Waals surface area contributed by atoms with Gasteiger partial charge >= 0.3 is 6.03 Å². The molecule has 1 unspecified atom stereocenters. The second-order valence-electron chi connectivity index (χ2n) is 7.58. The fourth-order valence-electron chi connectivity index (χ4n) is 3.76. The van der Waals surface area contributed by atoms with Crippen LogP contribution in [0.15, 0.2) is 30.3 Å². The van der Waals surface area contributed by atoms with Crippen LogP contribution in [0, 0.1) is 0 Å². The van der Waals surface area contributed by atoms with E-state index in [2.05, 4.69) is 10.4 Å². The van der Waals surface area contributed by atoms with E-state index >= 15 is 0 Å². The van der Waals surface area contributed by atoms with Crippen molar-refractivity contribution in [1.82, 2.24) is 24.9 Å². The number of nitrogens with zero attached hydrogens (tertiary/aromatic N) is 4. The summed E-state index contributed by atoms with van der Waals surface area (Å²) >= 11 is 6.13. The SMILES string of the molecule is Cn1nc(C2CN(CC(=O)N3CCNC3=O)CCO2)cc1CCOc1ccccc1Cl. The summed E-state index contributed by atoms with van der Waals surface area (Å²) in [5, 5.41) is 7.85. The third-order valence-electron chi connectivity index (χ3n) is 5.45. The van der Waals surface area contributed by atoms with Crippen LogP contribution in [0.25, 0.3) is 0 Å². The van der Waals surface area contributed by atoms with Gasteiger partial charge in [0, 0.05) is 45.3 Å². The van der Waals surface area contributed by atoms with Crippen LogP contribution in [0.2, 0.25) is 5.02 Å². The molecule has 31 heavy (non-hydrogen) atoms. The number of aryl methyl sites for hydroxylation is 1. The lowest BCUT2D eigenvalue weighted by Gasteiger charge is -2.32. The quantitative estimate of drug-likeness (QED) is 0.693. The summed E-state index contributed by atoms with van der Waals surface area (Å²) in [6.07, 6.45) is 0.451. The molecule has 1 aromatic heterocycles. The zero-order valence-corrected chi connectivity index (χ0v) is 18.2. The highest BCUT2D eigenvalue weighted by Gasteiger charge is 2.30. The molecule has 1 atom stereocenters. The predicted molar refractivity (Wildman–Crippen MR) is 114 cm³/mol. The van der Waals surface area contributed by atoms with Crippen LogP contribution < -0.4 is 10.1 Å². The number of carbonyl (C=O) groups excluding carboxylic acids is 2. The highest BCUT2D eigenvalue weighted by atomic mass is 35.5. The molecule has 2 saturated heterocycles. The number of ether oxygens (including phenoxy) is 2. The van der Waals surface area contributed by atoms with Gasteiger partial charge in [-0.25, -0.2) is 4.79 Å². The van der Waals surface area contributed by atoms with Crippen molar-refractivity contribution < 1.29 is 19.1 Å². The van der Waals surface area contributed by atoms with Gasteiger partial charge in [-0.3, -0.25) is 19.3 Å². The molecule has 166 valence electrons. The fraction of sp³-hybridized carbons (Fsp3) is 0.476. The minimum absolute atomic E-state index is 0.186. The maximum atomic E-state index is 12.4. The molecule has 1 aromatic carbocycles. The number of para-hydroxylation sites is 1. The predicted octanol–water partition coefficient (Wildman–Crippen LogP) is 1.62. The number of morpholine rings is 1. The van der Waals surface area contributed by atoms with Gasteiger partial charge in [0.15, 0.2) is 0 Å². The molecule has 0 spiro atoms. The van der Waals surface area contributed by atoms with Crippen LogP contribution in [0.1, 0.15) is 17.5 Å². The Labute approximate surface area is 185 Å². The maximum Gasteiger partial charge on any atom is 0.324 e. The smallest absolute Gasteiger partial charge is 0.324 e. The number of urea groups is 1. The molecule has 2 aliphatic heterocycles. The summed E-state index contributed by atoms with van der Waals surface area (Å²) in [5.74, 6) is 0.475. The molecule has 0 radical (unpaired) electrons. The molecular weight excluding hydrogens is 422 g/mol. The topological polar surface area (TPSA) is 88.9 Å². The standard InChI is InChI=1S/C21H26ClN5O4/c1-25-15(6-10-30-18-5-3-2-4-16(18)22)12-17(24-25)19-13-26(9-11-31-19)14-20(28)27-8-7-23-21(27)29/h2-5,12,19H,6-11,13-14H2,1H3,(H,23,29). The number of rotatable bonds is 7. The van der Waals surface area contributed by atoms with E-state index in [0.29, 0.717) is 56.6 Å². The summed E-state index contributed by atoms with van der Waals surface area (Å²) in [6.45, 7) is 3.30. The summed E-state index contributed by atoms with van der Waals surface area (Å²) < 4.78 is 13.5. The second-order valence-corrected chi connectivity index (χ2v) is 7.99. The molecular formula is C21H26ClN5O4. The molecule has 0 saturated carbocycles. The van der Waals surface area contributed by atoms with Crippen LogP contribution in [0.4, 0.5) is 4.79 Å². The van der Waals surface area contributed by atoms with Crippen LogP contribution in [-0.4, -0.2) is 77.5 Å². The number of hydrogen-bond acceptors (Lipinski definition) is 6. The zero-order valence-electron chi connectivity index (χ0n) is 17.4. The van der Waals surface area contributed by atoms with Crippen molar-refractivity contribution in [3.8, 4) is 5.75 Å². The zero-order chi connectivity index (χ0) is 21.8. The van der Waals surface area contributed by atoms with Gasteiger partial charge in [-0.2, -0.15) is 5.10 Å². The van der Waals surface area contributed by atoms with Crippen LogP contribution in [0.5, 0.6) is 5.75 Å². The number of aromatic nitrogens is 2. The van der Waals surface area contributed by atoms with Crippen molar-refractivity contribution in [2.24, 2.45) is 7.05 Å². The summed E-state index contributed by atoms with van der Waals surface area (Å²) in [7, 11) is 1.89. The van der Waals surface area contributed by atoms with E-state index in [4.69, 9.17) is 21.1 Å². The Hall–Kier alpha value is -2.62. The molecule has 1 N–H and O–H groups in total. The van der Waals surface area contributed by atoms with E-state index in [1.54, 1.807) is 6.07 Å². The van der Waals surface area contributed by atoms with Gasteiger partial charge in [0.25, 0.3) is 0 Å². The average molecular weight is 448 g/mol. The number of halogens is 1. The molecule has 9 nitrogen and oxygen atoms in total. The van der Waals surface area contributed by atoms with Gasteiger partial charge in [-0.1, -0.05) is 23.7 Å². The van der Waals surface area contributed by atoms with E-state index in [-0.39, 0.29) is 24.6 Å². The van der Waals surface area contributed by atoms with Gasteiger partial charge in [-0.15, -0.1) is 0 Å². The van der Waals surface area contributed by atoms with Crippen molar-refractivity contribution in [3.05, 3.63) is 46.7 Å². The molecule has 2 aliphatic rings. The van der Waals surface area contributed by atoms with Crippen molar-refractivity contribution in [1.29, 1.82) is 0 Å². The molecule has 4 rings (SSSR count). The van der Waals surface area contributed by atoms with Crippen LogP contribution in [0.3, 0.4) is 0 Å². The van der Waals surface area contributed by atoms with E-state index < -0.39 is 0 Å². The molecule has 2 fully saturated rings. The van der Waals surface area contributed by atoms with Gasteiger partial charge in [0.05, 0.1) is 30.5 Å². The Morgan fingerprint density at radius 3 is 2.97 bits per heavy atom. The third kappa shape index (κ3) is 5.17. The lowest BCUT2D eigenvalue weighted by Crippen LogP contribution is -2.46. The van der Waals surface area contributed by atoms with Crippen molar-refractivity contribution in [2.75, 3.05) is 45.9 Å². The van der Waals surface area contributed by atoms with E-state index in [1.165, 1.54) is 4.90 Å². The minimum atomic E-state index is -0.316. The molecule has 0 aliphatic carbocycles. The summed E-state index contributed by atoms with van der Waals surface area (Å²) in [5.41, 5.74) is 1.85. The van der Waals surface area contributed by atoms with Gasteiger partial charge in [-0.05, 0) is 18.2 Å². The number of benzene rings is 1. The largest absolute Gasteiger partial charge is 0.492 e. The molecule has 3 heterocycles. The molecule has 0 bridgehead atoms. The minimum Gasteiger partial charge on any atom is -0.492 e. The molecule has 10 heteroatoms. The highest BCUT2D eigenvalue weighted by Crippen LogP contribution is 2.24. The van der Waals surface area contributed by atoms with Gasteiger partial charge in [0.2, 0.25) is 5.91 Å². The number of carbonyl (C=O) groups is 2. The highest BCUT2D eigenvalue weighted by molar-refractivity contribution is 6.32. The Balaban J connectivity index is 1.32. The monoisotopic (exact) mass is 447 g/mol. The lowest BCUT2D eigenvalue weighted by molar-refractivity contribution is -0.130. The number of nitrogens with one attached hydrogen (secondary N) is 1. The number of imide groups is 1. The third-order valence-corrected chi connectivity index (χ3v) is 5.76. The second kappa shape index (κ2) is 9.67. The maximum absolute atomic E-state index is 12.4. The Kier molecular flexibility index (Phi) is 6.74. The molecule has 3 amide bonds. The first kappa shape index (κ1) is 21.6. The van der Waals surface area contributed by atoms with Gasteiger partial charge < -0.3 is 14.8 Å². The normalized spacial score (nSPS) is 19.5. The lowest BCUT2D eigenvalue weighted by atomic mass is 10.2. The first-order valence-electron chi connectivity index (χ1n) is 10.3. The first-order valence-corrected chi connectivity index (χ1v) is 10.7. The van der Waals surface area contributed by atoms with E-state index in [9.17, 15) is 9.59 Å². The Bertz CT molecular complexity index is 950. The number of hydrogen-bond donors (Lipinski definition) is 1. The van der Waals surface area contributed by atoms with Gasteiger partial charge in [0.1, 0.15) is 11.9 Å². The van der Waals surface area contributed by atoms with E-state index in [0.717, 1.165) is 11.4 Å². The van der Waals surface area contributed by atoms with E-state index in [1.807, 2.05) is 40.9 Å². The Morgan fingerprint density at radius 2 is 2.19 bits per heavy atom.